The predicted molar refractivity (Wildman–Crippen MR) is 71.2 cm³/mol. The summed E-state index contributed by atoms with van der Waals surface area (Å²) >= 11 is 0. The number of nitrogens with zero attached hydrogens (tertiary/aromatic N) is 2. The lowest BCUT2D eigenvalue weighted by Gasteiger charge is -2.11. The number of sulfonamides is 1. The molecule has 9 heteroatoms. The van der Waals surface area contributed by atoms with Crippen LogP contribution < -0.4 is 4.72 Å². The molecule has 1 saturated heterocycles. The molecule has 0 aromatic carbocycles. The fourth-order valence-electron chi connectivity index (χ4n) is 2.47. The van der Waals surface area contributed by atoms with Gasteiger partial charge in [0.1, 0.15) is 16.7 Å². The van der Waals surface area contributed by atoms with Crippen molar-refractivity contribution in [3.05, 3.63) is 11.5 Å². The van der Waals surface area contributed by atoms with E-state index in [-0.39, 0.29) is 29.3 Å². The van der Waals surface area contributed by atoms with Crippen LogP contribution in [0.2, 0.25) is 0 Å². The Morgan fingerprint density at radius 3 is 2.67 bits per heavy atom. The highest BCUT2D eigenvalue weighted by molar-refractivity contribution is 7.89. The molecular weight excluding hydrogens is 298 g/mol. The summed E-state index contributed by atoms with van der Waals surface area (Å²) in [6.45, 7) is 3.57. The quantitative estimate of drug-likeness (QED) is 0.851. The van der Waals surface area contributed by atoms with Gasteiger partial charge in [0.05, 0.1) is 6.54 Å². The lowest BCUT2D eigenvalue weighted by Crippen LogP contribution is -2.35. The Morgan fingerprint density at radius 2 is 2.10 bits per heavy atom. The molecule has 3 rings (SSSR count). The van der Waals surface area contributed by atoms with Crippen molar-refractivity contribution in [1.29, 1.82) is 0 Å². The number of nitrogens with one attached hydrogen (secondary N) is 1. The van der Waals surface area contributed by atoms with Gasteiger partial charge in [-0.3, -0.25) is 0 Å². The Labute approximate surface area is 122 Å². The highest BCUT2D eigenvalue weighted by atomic mass is 32.2. The molecule has 0 bridgehead atoms. The van der Waals surface area contributed by atoms with Crippen molar-refractivity contribution in [3.63, 3.8) is 0 Å². The first-order chi connectivity index (χ1) is 9.88. The molecule has 2 heterocycles. The number of amides is 1. The van der Waals surface area contributed by atoms with E-state index >= 15 is 0 Å². The summed E-state index contributed by atoms with van der Waals surface area (Å²) in [5, 5.41) is 3.63. The van der Waals surface area contributed by atoms with Gasteiger partial charge in [-0.25, -0.2) is 17.9 Å². The molecule has 8 nitrogen and oxygen atoms in total. The van der Waals surface area contributed by atoms with Gasteiger partial charge in [0.15, 0.2) is 5.76 Å². The molecule has 1 atom stereocenters. The maximum absolute atomic E-state index is 12.2. The van der Waals surface area contributed by atoms with Crippen LogP contribution in [0.5, 0.6) is 0 Å². The number of carbonyl (C=O) groups excluding carboxylic acids is 1. The van der Waals surface area contributed by atoms with E-state index in [1.807, 2.05) is 0 Å². The van der Waals surface area contributed by atoms with Gasteiger partial charge >= 0.3 is 6.09 Å². The van der Waals surface area contributed by atoms with Crippen molar-refractivity contribution in [2.24, 2.45) is 0 Å². The summed E-state index contributed by atoms with van der Waals surface area (Å²) in [6.07, 6.45) is 1.16. The van der Waals surface area contributed by atoms with E-state index in [2.05, 4.69) is 9.88 Å². The average Bonchev–Trinajstić information content (AvgIpc) is 3.09. The number of hydrogen-bond acceptors (Lipinski definition) is 6. The summed E-state index contributed by atoms with van der Waals surface area (Å²) in [6, 6.07) is 0.265. The van der Waals surface area contributed by atoms with Crippen LogP contribution in [0, 0.1) is 13.8 Å². The van der Waals surface area contributed by atoms with E-state index < -0.39 is 16.1 Å². The zero-order chi connectivity index (χ0) is 15.2. The molecule has 1 aromatic heterocycles. The fraction of sp³-hybridized carbons (Fsp3) is 0.667. The number of carbonyl (C=O) groups is 1. The van der Waals surface area contributed by atoms with Crippen molar-refractivity contribution < 1.29 is 22.5 Å². The van der Waals surface area contributed by atoms with Crippen molar-refractivity contribution in [1.82, 2.24) is 14.8 Å². The molecule has 0 radical (unpaired) electrons. The van der Waals surface area contributed by atoms with E-state index in [1.165, 1.54) is 0 Å². The number of ether oxygens (including phenoxy) is 1. The van der Waals surface area contributed by atoms with Crippen LogP contribution in [0.25, 0.3) is 0 Å². The Kier molecular flexibility index (Phi) is 3.40. The molecule has 1 aliphatic carbocycles. The highest BCUT2D eigenvalue weighted by Crippen LogP contribution is 2.30. The summed E-state index contributed by atoms with van der Waals surface area (Å²) < 4.78 is 37.0. The van der Waals surface area contributed by atoms with E-state index in [4.69, 9.17) is 9.26 Å². The van der Waals surface area contributed by atoms with Crippen molar-refractivity contribution in [2.45, 2.75) is 43.7 Å². The van der Waals surface area contributed by atoms with Crippen molar-refractivity contribution in [3.8, 4) is 0 Å². The van der Waals surface area contributed by atoms with Crippen LogP contribution in [-0.4, -0.2) is 49.8 Å². The summed E-state index contributed by atoms with van der Waals surface area (Å²) in [5.74, 6) is 0.239. The Bertz CT molecular complexity index is 645. The van der Waals surface area contributed by atoms with Crippen LogP contribution in [0.15, 0.2) is 9.42 Å². The van der Waals surface area contributed by atoms with Gasteiger partial charge in [-0.05, 0) is 26.7 Å². The SMILES string of the molecule is Cc1noc(C)c1S(=O)(=O)NCC1CN(C2CC2)C(=O)O1. The fourth-order valence-corrected chi connectivity index (χ4v) is 3.86. The summed E-state index contributed by atoms with van der Waals surface area (Å²) in [4.78, 5) is 13.3. The highest BCUT2D eigenvalue weighted by Gasteiger charge is 2.41. The molecule has 0 spiro atoms. The molecule has 2 fully saturated rings. The second-order valence-corrected chi connectivity index (χ2v) is 7.10. The number of aryl methyl sites for hydroxylation is 2. The first-order valence-electron chi connectivity index (χ1n) is 6.78. The maximum atomic E-state index is 12.2. The van der Waals surface area contributed by atoms with Gasteiger partial charge in [-0.1, -0.05) is 5.16 Å². The van der Waals surface area contributed by atoms with E-state index in [1.54, 1.807) is 18.7 Å². The minimum absolute atomic E-state index is 0.0430. The standard InChI is InChI=1S/C12H17N3O5S/c1-7-11(8(2)20-14-7)21(17,18)13-5-10-6-15(9-3-4-9)12(16)19-10/h9-10,13H,3-6H2,1-2H3. The zero-order valence-corrected chi connectivity index (χ0v) is 12.6. The second kappa shape index (κ2) is 4.99. The third-order valence-corrected chi connectivity index (χ3v) is 5.29. The first-order valence-corrected chi connectivity index (χ1v) is 8.26. The molecule has 1 unspecified atom stereocenters. The first kappa shape index (κ1) is 14.3. The predicted octanol–water partition coefficient (Wildman–Crippen LogP) is 0.553. The molecule has 1 N–H and O–H groups in total. The smallest absolute Gasteiger partial charge is 0.410 e. The van der Waals surface area contributed by atoms with Crippen LogP contribution in [-0.2, 0) is 14.8 Å². The van der Waals surface area contributed by atoms with Gasteiger partial charge in [0, 0.05) is 12.6 Å². The van der Waals surface area contributed by atoms with Crippen LogP contribution in [0.4, 0.5) is 4.79 Å². The van der Waals surface area contributed by atoms with Crippen molar-refractivity contribution in [2.75, 3.05) is 13.1 Å². The normalized spacial score (nSPS) is 22.7. The van der Waals surface area contributed by atoms with Gasteiger partial charge in [-0.2, -0.15) is 0 Å². The van der Waals surface area contributed by atoms with E-state index in [9.17, 15) is 13.2 Å². The zero-order valence-electron chi connectivity index (χ0n) is 11.8. The molecule has 1 aromatic rings. The molecular formula is C12H17N3O5S. The van der Waals surface area contributed by atoms with Crippen LogP contribution in [0.3, 0.4) is 0 Å². The molecule has 2 aliphatic rings. The number of rotatable bonds is 5. The van der Waals surface area contributed by atoms with Crippen LogP contribution >= 0.6 is 0 Å². The minimum atomic E-state index is -3.72. The van der Waals surface area contributed by atoms with Gasteiger partial charge in [0.2, 0.25) is 10.0 Å². The topological polar surface area (TPSA) is 102 Å². The monoisotopic (exact) mass is 315 g/mol. The molecule has 1 amide bonds. The van der Waals surface area contributed by atoms with Gasteiger partial charge in [-0.15, -0.1) is 0 Å². The van der Waals surface area contributed by atoms with E-state index in [0.717, 1.165) is 12.8 Å². The van der Waals surface area contributed by atoms with Crippen LogP contribution in [0.1, 0.15) is 24.3 Å². The third kappa shape index (κ3) is 2.75. The van der Waals surface area contributed by atoms with Gasteiger partial charge in [0.25, 0.3) is 0 Å². The van der Waals surface area contributed by atoms with Crippen molar-refractivity contribution >= 4 is 16.1 Å². The average molecular weight is 315 g/mol. The Morgan fingerprint density at radius 1 is 1.38 bits per heavy atom. The maximum Gasteiger partial charge on any atom is 0.410 e. The number of aromatic nitrogens is 1. The largest absolute Gasteiger partial charge is 0.443 e. The molecule has 116 valence electrons. The summed E-state index contributed by atoms with van der Waals surface area (Å²) in [7, 11) is -3.72. The Balaban J connectivity index is 1.64. The number of hydrogen-bond donors (Lipinski definition) is 1. The Hall–Kier alpha value is -1.61. The van der Waals surface area contributed by atoms with Gasteiger partial charge < -0.3 is 14.2 Å². The summed E-state index contributed by atoms with van der Waals surface area (Å²) in [5.41, 5.74) is 0.308. The van der Waals surface area contributed by atoms with E-state index in [0.29, 0.717) is 12.2 Å². The molecule has 21 heavy (non-hydrogen) atoms. The minimum Gasteiger partial charge on any atom is -0.443 e. The second-order valence-electron chi connectivity index (χ2n) is 5.39. The molecule has 1 saturated carbocycles. The number of cyclic esters (lactones) is 1. The lowest BCUT2D eigenvalue weighted by molar-refractivity contribution is 0.133. The lowest BCUT2D eigenvalue weighted by atomic mass is 10.3. The third-order valence-electron chi connectivity index (χ3n) is 3.63. The molecule has 1 aliphatic heterocycles.